The first-order valence-electron chi connectivity index (χ1n) is 8.72. The molecule has 0 spiro atoms. The minimum Gasteiger partial charge on any atom is -0.435 e. The quantitative estimate of drug-likeness (QED) is 0.836. The maximum atomic E-state index is 12.5. The minimum absolute atomic E-state index is 0.0381. The van der Waals surface area contributed by atoms with Crippen LogP contribution in [0.15, 0.2) is 48.5 Å². The maximum Gasteiger partial charge on any atom is 0.387 e. The zero-order valence-electron chi connectivity index (χ0n) is 14.8. The molecule has 27 heavy (non-hydrogen) atoms. The van der Waals surface area contributed by atoms with Crippen molar-refractivity contribution in [2.24, 2.45) is 5.92 Å². The number of carbonyl (C=O) groups is 2. The van der Waals surface area contributed by atoms with Crippen molar-refractivity contribution in [3.05, 3.63) is 54.1 Å². The fourth-order valence-electron chi connectivity index (χ4n) is 3.18. The summed E-state index contributed by atoms with van der Waals surface area (Å²) >= 11 is 0. The Bertz CT molecular complexity index is 841. The molecule has 0 radical (unpaired) electrons. The molecule has 2 amide bonds. The average Bonchev–Trinajstić information content (AvgIpc) is 3.03. The molecule has 142 valence electrons. The van der Waals surface area contributed by atoms with E-state index in [-0.39, 0.29) is 30.5 Å². The van der Waals surface area contributed by atoms with Crippen LogP contribution >= 0.6 is 0 Å². The molecule has 1 fully saturated rings. The van der Waals surface area contributed by atoms with E-state index in [0.717, 1.165) is 17.7 Å². The van der Waals surface area contributed by atoms with Crippen molar-refractivity contribution in [1.82, 2.24) is 0 Å². The first-order valence-corrected chi connectivity index (χ1v) is 8.72. The van der Waals surface area contributed by atoms with Gasteiger partial charge in [0.25, 0.3) is 0 Å². The maximum absolute atomic E-state index is 12.5. The van der Waals surface area contributed by atoms with Crippen LogP contribution in [0.3, 0.4) is 0 Å². The van der Waals surface area contributed by atoms with E-state index in [2.05, 4.69) is 10.1 Å². The normalized spacial score (nSPS) is 16.7. The van der Waals surface area contributed by atoms with Crippen LogP contribution in [0.1, 0.15) is 18.9 Å². The molecule has 7 heteroatoms. The van der Waals surface area contributed by atoms with Gasteiger partial charge in [0.05, 0.1) is 5.92 Å². The topological polar surface area (TPSA) is 58.6 Å². The molecule has 2 aromatic carbocycles. The number of carbonyl (C=O) groups excluding carboxylic acids is 2. The van der Waals surface area contributed by atoms with E-state index >= 15 is 0 Å². The zero-order valence-corrected chi connectivity index (χ0v) is 14.8. The molecule has 1 saturated heterocycles. The van der Waals surface area contributed by atoms with Crippen molar-refractivity contribution in [3.63, 3.8) is 0 Å². The summed E-state index contributed by atoms with van der Waals surface area (Å²) in [6.45, 7) is -0.636. The highest BCUT2D eigenvalue weighted by atomic mass is 19.3. The molecule has 1 atom stereocenters. The van der Waals surface area contributed by atoms with Crippen molar-refractivity contribution < 1.29 is 23.1 Å². The lowest BCUT2D eigenvalue weighted by Gasteiger charge is -2.20. The van der Waals surface area contributed by atoms with Crippen molar-refractivity contribution in [2.45, 2.75) is 26.4 Å². The van der Waals surface area contributed by atoms with Gasteiger partial charge in [-0.3, -0.25) is 9.59 Å². The van der Waals surface area contributed by atoms with Gasteiger partial charge in [-0.05, 0) is 30.2 Å². The van der Waals surface area contributed by atoms with E-state index in [9.17, 15) is 18.4 Å². The lowest BCUT2D eigenvalue weighted by molar-refractivity contribution is -0.122. The smallest absolute Gasteiger partial charge is 0.387 e. The van der Waals surface area contributed by atoms with E-state index in [0.29, 0.717) is 5.69 Å². The van der Waals surface area contributed by atoms with Gasteiger partial charge in [0, 0.05) is 30.4 Å². The summed E-state index contributed by atoms with van der Waals surface area (Å²) in [6.07, 6.45) is 0.894. The van der Waals surface area contributed by atoms with Crippen molar-refractivity contribution in [2.75, 3.05) is 16.8 Å². The fraction of sp³-hybridized carbons (Fsp3) is 0.300. The number of para-hydroxylation sites is 1. The number of hydrogen-bond acceptors (Lipinski definition) is 3. The van der Waals surface area contributed by atoms with Gasteiger partial charge in [-0.2, -0.15) is 8.78 Å². The average molecular weight is 374 g/mol. The number of anilines is 2. The number of nitrogens with zero attached hydrogens (tertiary/aromatic N) is 1. The number of nitrogens with one attached hydrogen (secondary N) is 1. The highest BCUT2D eigenvalue weighted by molar-refractivity contribution is 6.03. The largest absolute Gasteiger partial charge is 0.435 e. The first-order chi connectivity index (χ1) is 13.0. The summed E-state index contributed by atoms with van der Waals surface area (Å²) in [5.74, 6) is -0.981. The van der Waals surface area contributed by atoms with Gasteiger partial charge in [-0.25, -0.2) is 0 Å². The zero-order chi connectivity index (χ0) is 19.4. The molecule has 1 N–H and O–H groups in total. The summed E-state index contributed by atoms with van der Waals surface area (Å²) in [7, 11) is 0. The van der Waals surface area contributed by atoms with Crippen molar-refractivity contribution in [3.8, 4) is 5.75 Å². The Labute approximate surface area is 155 Å². The molecular weight excluding hydrogens is 354 g/mol. The Morgan fingerprint density at radius 2 is 2.04 bits per heavy atom. The van der Waals surface area contributed by atoms with Crippen LogP contribution in [0, 0.1) is 5.92 Å². The van der Waals surface area contributed by atoms with Crippen molar-refractivity contribution in [1.29, 1.82) is 0 Å². The second-order valence-electron chi connectivity index (χ2n) is 6.28. The van der Waals surface area contributed by atoms with Crippen LogP contribution in [0.25, 0.3) is 0 Å². The van der Waals surface area contributed by atoms with E-state index in [4.69, 9.17) is 0 Å². The number of alkyl halides is 2. The number of benzene rings is 2. The molecule has 0 saturated carbocycles. The summed E-state index contributed by atoms with van der Waals surface area (Å²) in [5, 5.41) is 2.68. The lowest BCUT2D eigenvalue weighted by atomic mass is 10.1. The Hall–Kier alpha value is -2.96. The van der Waals surface area contributed by atoms with Gasteiger partial charge in [-0.1, -0.05) is 31.2 Å². The highest BCUT2D eigenvalue weighted by Gasteiger charge is 2.35. The van der Waals surface area contributed by atoms with Crippen LogP contribution in [-0.2, 0) is 16.0 Å². The van der Waals surface area contributed by atoms with Crippen LogP contribution in [0.2, 0.25) is 0 Å². The standard InChI is InChI=1S/C20H20F2N2O3/c1-2-13-6-3-4-9-17(13)24-12-14(10-18(24)25)19(26)23-15-7-5-8-16(11-15)27-20(21)22/h3-9,11,14,20H,2,10,12H2,1H3,(H,23,26). The van der Waals surface area contributed by atoms with E-state index in [1.54, 1.807) is 11.0 Å². The van der Waals surface area contributed by atoms with Crippen LogP contribution < -0.4 is 15.0 Å². The van der Waals surface area contributed by atoms with E-state index in [1.807, 2.05) is 31.2 Å². The third kappa shape index (κ3) is 4.42. The van der Waals surface area contributed by atoms with Gasteiger partial charge < -0.3 is 15.0 Å². The highest BCUT2D eigenvalue weighted by Crippen LogP contribution is 2.29. The molecule has 1 aliphatic rings. The monoisotopic (exact) mass is 374 g/mol. The van der Waals surface area contributed by atoms with Gasteiger partial charge in [0.2, 0.25) is 11.8 Å². The molecule has 5 nitrogen and oxygen atoms in total. The third-order valence-corrected chi connectivity index (χ3v) is 4.49. The summed E-state index contributed by atoms with van der Waals surface area (Å²) in [6, 6.07) is 13.4. The molecular formula is C20H20F2N2O3. The Kier molecular flexibility index (Phi) is 5.69. The molecule has 0 aliphatic carbocycles. The number of hydrogen-bond donors (Lipinski definition) is 1. The van der Waals surface area contributed by atoms with Gasteiger partial charge >= 0.3 is 6.61 Å². The number of ether oxygens (including phenoxy) is 1. The fourth-order valence-corrected chi connectivity index (χ4v) is 3.18. The second kappa shape index (κ2) is 8.16. The molecule has 0 bridgehead atoms. The van der Waals surface area contributed by atoms with E-state index < -0.39 is 12.5 Å². The Balaban J connectivity index is 1.69. The minimum atomic E-state index is -2.93. The first kappa shape index (κ1) is 18.8. The molecule has 2 aromatic rings. The Morgan fingerprint density at radius 1 is 1.26 bits per heavy atom. The van der Waals surface area contributed by atoms with Gasteiger partial charge in [0.1, 0.15) is 5.75 Å². The van der Waals surface area contributed by atoms with Crippen LogP contribution in [-0.4, -0.2) is 25.0 Å². The summed E-state index contributed by atoms with van der Waals surface area (Å²) in [4.78, 5) is 26.6. The summed E-state index contributed by atoms with van der Waals surface area (Å²) in [5.41, 5.74) is 2.22. The van der Waals surface area contributed by atoms with Gasteiger partial charge in [-0.15, -0.1) is 0 Å². The van der Waals surface area contributed by atoms with Crippen LogP contribution in [0.5, 0.6) is 5.75 Å². The molecule has 3 rings (SSSR count). The Morgan fingerprint density at radius 3 is 2.78 bits per heavy atom. The molecule has 1 heterocycles. The van der Waals surface area contributed by atoms with Gasteiger partial charge in [0.15, 0.2) is 0 Å². The van der Waals surface area contributed by atoms with Crippen molar-refractivity contribution >= 4 is 23.2 Å². The van der Waals surface area contributed by atoms with E-state index in [1.165, 1.54) is 18.2 Å². The SMILES string of the molecule is CCc1ccccc1N1CC(C(=O)Nc2cccc(OC(F)F)c2)CC1=O. The lowest BCUT2D eigenvalue weighted by Crippen LogP contribution is -2.28. The number of amides is 2. The molecule has 1 aliphatic heterocycles. The van der Waals surface area contributed by atoms with Crippen LogP contribution in [0.4, 0.5) is 20.2 Å². The number of aryl methyl sites for hydroxylation is 1. The third-order valence-electron chi connectivity index (χ3n) is 4.49. The number of rotatable bonds is 6. The second-order valence-corrected chi connectivity index (χ2v) is 6.28. The molecule has 0 aromatic heterocycles. The summed E-state index contributed by atoms with van der Waals surface area (Å²) < 4.78 is 29.0. The predicted molar refractivity (Wildman–Crippen MR) is 98.0 cm³/mol. The predicted octanol–water partition coefficient (Wildman–Crippen LogP) is 3.84. The molecule has 1 unspecified atom stereocenters. The number of halogens is 2.